The fourth-order valence-electron chi connectivity index (χ4n) is 2.50. The number of nitrogens with two attached hydrogens (primary N) is 1. The predicted molar refractivity (Wildman–Crippen MR) is 79.0 cm³/mol. The number of hydrogen-bond acceptors (Lipinski definition) is 4. The van der Waals surface area contributed by atoms with Crippen molar-refractivity contribution in [3.05, 3.63) is 23.7 Å². The summed E-state index contributed by atoms with van der Waals surface area (Å²) in [5.74, 6) is 1.62. The maximum Gasteiger partial charge on any atom is 0.284 e. The van der Waals surface area contributed by atoms with Gasteiger partial charge in [-0.3, -0.25) is 9.79 Å². The van der Waals surface area contributed by atoms with Crippen LogP contribution in [0.5, 0.6) is 0 Å². The molecule has 0 spiro atoms. The number of methoxy groups -OCH3 is 1. The first-order chi connectivity index (χ1) is 10.1. The Kier molecular flexibility index (Phi) is 5.21. The molecular formula is C14H22N4O3. The number of rotatable bonds is 5. The van der Waals surface area contributed by atoms with Gasteiger partial charge in [0.15, 0.2) is 11.7 Å². The van der Waals surface area contributed by atoms with Crippen molar-refractivity contribution in [3.63, 3.8) is 0 Å². The maximum atomic E-state index is 11.0. The van der Waals surface area contributed by atoms with Crippen LogP contribution in [0.1, 0.15) is 22.7 Å². The minimum absolute atomic E-state index is 0.170. The molecule has 2 heterocycles. The van der Waals surface area contributed by atoms with E-state index < -0.39 is 5.91 Å². The van der Waals surface area contributed by atoms with Gasteiger partial charge in [0.2, 0.25) is 0 Å². The molecule has 3 N–H and O–H groups in total. The quantitative estimate of drug-likeness (QED) is 0.606. The summed E-state index contributed by atoms with van der Waals surface area (Å²) in [7, 11) is 3.48. The Balaban J connectivity index is 1.87. The molecule has 116 valence electrons. The largest absolute Gasteiger partial charge is 0.454 e. The van der Waals surface area contributed by atoms with Crippen molar-refractivity contribution in [1.29, 1.82) is 0 Å². The zero-order valence-corrected chi connectivity index (χ0v) is 12.5. The molecule has 1 amide bonds. The molecule has 1 atom stereocenters. The summed E-state index contributed by atoms with van der Waals surface area (Å²) in [5.41, 5.74) is 5.16. The fraction of sp³-hybridized carbons (Fsp3) is 0.571. The van der Waals surface area contributed by atoms with E-state index in [4.69, 9.17) is 14.9 Å². The van der Waals surface area contributed by atoms with Gasteiger partial charge in [-0.2, -0.15) is 0 Å². The summed E-state index contributed by atoms with van der Waals surface area (Å²) in [6, 6.07) is 3.31. The van der Waals surface area contributed by atoms with Crippen LogP contribution in [0.4, 0.5) is 0 Å². The molecule has 1 aliphatic heterocycles. The van der Waals surface area contributed by atoms with Crippen molar-refractivity contribution < 1.29 is 13.9 Å². The molecule has 0 saturated carbocycles. The van der Waals surface area contributed by atoms with Crippen LogP contribution in [-0.4, -0.2) is 50.6 Å². The van der Waals surface area contributed by atoms with E-state index in [0.717, 1.165) is 32.1 Å². The molecule has 7 nitrogen and oxygen atoms in total. The number of likely N-dealkylation sites (tertiary alicyclic amines) is 1. The monoisotopic (exact) mass is 294 g/mol. The number of nitrogens with one attached hydrogen (secondary N) is 1. The van der Waals surface area contributed by atoms with Crippen LogP contribution < -0.4 is 11.1 Å². The van der Waals surface area contributed by atoms with Crippen LogP contribution in [0.15, 0.2) is 21.5 Å². The lowest BCUT2D eigenvalue weighted by molar-refractivity contribution is 0.0972. The van der Waals surface area contributed by atoms with Crippen molar-refractivity contribution in [1.82, 2.24) is 10.2 Å². The van der Waals surface area contributed by atoms with E-state index in [1.54, 1.807) is 26.3 Å². The van der Waals surface area contributed by atoms with Gasteiger partial charge in [-0.25, -0.2) is 0 Å². The number of nitrogens with zero attached hydrogens (tertiary/aromatic N) is 2. The van der Waals surface area contributed by atoms with E-state index in [9.17, 15) is 4.79 Å². The first-order valence-electron chi connectivity index (χ1n) is 6.97. The van der Waals surface area contributed by atoms with Gasteiger partial charge in [-0.05, 0) is 18.6 Å². The highest BCUT2D eigenvalue weighted by atomic mass is 16.5. The third kappa shape index (κ3) is 3.98. The van der Waals surface area contributed by atoms with E-state index in [0.29, 0.717) is 18.2 Å². The van der Waals surface area contributed by atoms with E-state index in [-0.39, 0.29) is 5.76 Å². The molecule has 0 aromatic carbocycles. The van der Waals surface area contributed by atoms with Crippen LogP contribution in [0.3, 0.4) is 0 Å². The van der Waals surface area contributed by atoms with Crippen molar-refractivity contribution >= 4 is 11.9 Å². The Hall–Kier alpha value is -2.02. The number of furan rings is 1. The number of aliphatic imine (C=N–C) groups is 1. The predicted octanol–water partition coefficient (Wildman–Crippen LogP) is 0.422. The van der Waals surface area contributed by atoms with Gasteiger partial charge in [-0.1, -0.05) is 0 Å². The van der Waals surface area contributed by atoms with Crippen LogP contribution in [0.25, 0.3) is 0 Å². The van der Waals surface area contributed by atoms with Crippen LogP contribution in [0, 0.1) is 5.92 Å². The first kappa shape index (κ1) is 15.4. The Morgan fingerprint density at radius 3 is 3.05 bits per heavy atom. The van der Waals surface area contributed by atoms with Crippen molar-refractivity contribution in [2.45, 2.75) is 13.0 Å². The molecule has 0 bridgehead atoms. The number of carbonyl (C=O) groups excluding carboxylic acids is 1. The van der Waals surface area contributed by atoms with Gasteiger partial charge in [0, 0.05) is 33.2 Å². The molecule has 0 radical (unpaired) electrons. The standard InChI is InChI=1S/C14H22N4O3/c1-16-14(18-6-5-10(8-18)9-20-2)17-7-11-3-4-12(21-11)13(15)19/h3-4,10H,5-9H2,1-2H3,(H2,15,19)(H,16,17). The van der Waals surface area contributed by atoms with Gasteiger partial charge in [-0.15, -0.1) is 0 Å². The Morgan fingerprint density at radius 1 is 1.62 bits per heavy atom. The normalized spacial score (nSPS) is 19.0. The Morgan fingerprint density at radius 2 is 2.43 bits per heavy atom. The lowest BCUT2D eigenvalue weighted by Crippen LogP contribution is -2.39. The molecule has 1 aromatic rings. The van der Waals surface area contributed by atoms with E-state index >= 15 is 0 Å². The van der Waals surface area contributed by atoms with E-state index in [2.05, 4.69) is 15.2 Å². The molecule has 0 aliphatic carbocycles. The number of carbonyl (C=O) groups is 1. The molecule has 7 heteroatoms. The summed E-state index contributed by atoms with van der Waals surface area (Å²) < 4.78 is 10.5. The van der Waals surface area contributed by atoms with E-state index in [1.165, 1.54) is 0 Å². The van der Waals surface area contributed by atoms with Crippen molar-refractivity contribution in [2.24, 2.45) is 16.6 Å². The smallest absolute Gasteiger partial charge is 0.284 e. The first-order valence-corrected chi connectivity index (χ1v) is 6.97. The van der Waals surface area contributed by atoms with E-state index in [1.807, 2.05) is 0 Å². The van der Waals surface area contributed by atoms with Gasteiger partial charge in [0.25, 0.3) is 5.91 Å². The summed E-state index contributed by atoms with van der Waals surface area (Å²) in [6.07, 6.45) is 1.10. The third-order valence-corrected chi connectivity index (χ3v) is 3.52. The summed E-state index contributed by atoms with van der Waals surface area (Å²) >= 11 is 0. The number of amides is 1. The molecule has 2 rings (SSSR count). The second kappa shape index (κ2) is 7.12. The van der Waals surface area contributed by atoms with Gasteiger partial charge in [0.1, 0.15) is 5.76 Å². The summed E-state index contributed by atoms with van der Waals surface area (Å²) in [6.45, 7) is 3.12. The molecule has 1 aliphatic rings. The average molecular weight is 294 g/mol. The molecule has 1 unspecified atom stereocenters. The molecule has 21 heavy (non-hydrogen) atoms. The minimum Gasteiger partial charge on any atom is -0.454 e. The SMILES string of the molecule is CN=C(NCc1ccc(C(N)=O)o1)N1CCC(COC)C1. The number of ether oxygens (including phenoxy) is 1. The topological polar surface area (TPSA) is 93.1 Å². The molecule has 1 saturated heterocycles. The summed E-state index contributed by atoms with van der Waals surface area (Å²) in [5, 5.41) is 3.23. The number of guanidine groups is 1. The number of hydrogen-bond donors (Lipinski definition) is 2. The van der Waals surface area contributed by atoms with Crippen LogP contribution in [0.2, 0.25) is 0 Å². The summed E-state index contributed by atoms with van der Waals surface area (Å²) in [4.78, 5) is 17.5. The number of primary amides is 1. The zero-order valence-electron chi connectivity index (χ0n) is 12.5. The van der Waals surface area contributed by atoms with Crippen LogP contribution in [-0.2, 0) is 11.3 Å². The highest BCUT2D eigenvalue weighted by Gasteiger charge is 2.24. The lowest BCUT2D eigenvalue weighted by Gasteiger charge is -2.21. The third-order valence-electron chi connectivity index (χ3n) is 3.52. The Bertz CT molecular complexity index is 512. The second-order valence-electron chi connectivity index (χ2n) is 5.09. The lowest BCUT2D eigenvalue weighted by atomic mass is 10.1. The molecule has 1 aromatic heterocycles. The van der Waals surface area contributed by atoms with Crippen molar-refractivity contribution in [2.75, 3.05) is 33.9 Å². The molecule has 1 fully saturated rings. The highest BCUT2D eigenvalue weighted by molar-refractivity contribution is 5.89. The second-order valence-corrected chi connectivity index (χ2v) is 5.09. The maximum absolute atomic E-state index is 11.0. The molecular weight excluding hydrogens is 272 g/mol. The zero-order chi connectivity index (χ0) is 15.2. The minimum atomic E-state index is -0.562. The fourth-order valence-corrected chi connectivity index (χ4v) is 2.50. The average Bonchev–Trinajstić information content (AvgIpc) is 3.09. The Labute approximate surface area is 124 Å². The van der Waals surface area contributed by atoms with Gasteiger partial charge >= 0.3 is 0 Å². The van der Waals surface area contributed by atoms with Gasteiger partial charge < -0.3 is 25.1 Å². The van der Waals surface area contributed by atoms with Gasteiger partial charge in [0.05, 0.1) is 13.2 Å². The van der Waals surface area contributed by atoms with Crippen molar-refractivity contribution in [3.8, 4) is 0 Å². The van der Waals surface area contributed by atoms with Crippen LogP contribution >= 0.6 is 0 Å². The highest BCUT2D eigenvalue weighted by Crippen LogP contribution is 2.16.